The highest BCUT2D eigenvalue weighted by Gasteiger charge is 2.17. The highest BCUT2D eigenvalue weighted by atomic mass is 19.1. The molecule has 0 spiro atoms. The molecule has 0 aliphatic rings. The number of hydrogen-bond acceptors (Lipinski definition) is 2. The molecular formula is C18H19FN2O2. The Bertz CT molecular complexity index is 701. The van der Waals surface area contributed by atoms with Crippen LogP contribution in [-0.4, -0.2) is 11.8 Å². The van der Waals surface area contributed by atoms with Crippen LogP contribution >= 0.6 is 0 Å². The summed E-state index contributed by atoms with van der Waals surface area (Å²) in [6.45, 7) is 3.20. The second-order valence-corrected chi connectivity index (χ2v) is 5.38. The Balaban J connectivity index is 2.11. The molecule has 5 heteroatoms. The molecule has 1 atom stereocenters. The molecule has 0 bridgehead atoms. The van der Waals surface area contributed by atoms with Gasteiger partial charge in [-0.2, -0.15) is 0 Å². The number of hydrogen-bond donors (Lipinski definition) is 2. The molecule has 0 saturated carbocycles. The highest BCUT2D eigenvalue weighted by Crippen LogP contribution is 2.20. The van der Waals surface area contributed by atoms with Crippen molar-refractivity contribution in [1.29, 1.82) is 0 Å². The predicted molar refractivity (Wildman–Crippen MR) is 87.4 cm³/mol. The Hall–Kier alpha value is -2.69. The number of halogens is 1. The van der Waals surface area contributed by atoms with E-state index >= 15 is 0 Å². The van der Waals surface area contributed by atoms with E-state index < -0.39 is 11.9 Å². The maximum absolute atomic E-state index is 13.3. The van der Waals surface area contributed by atoms with Gasteiger partial charge in [-0.15, -0.1) is 0 Å². The first-order valence-corrected chi connectivity index (χ1v) is 7.34. The molecule has 0 unspecified atom stereocenters. The van der Waals surface area contributed by atoms with E-state index in [-0.39, 0.29) is 18.2 Å². The lowest BCUT2D eigenvalue weighted by Gasteiger charge is -2.18. The molecule has 2 rings (SSSR count). The van der Waals surface area contributed by atoms with Crippen LogP contribution in [0.25, 0.3) is 0 Å². The quantitative estimate of drug-likeness (QED) is 0.889. The van der Waals surface area contributed by atoms with Crippen LogP contribution in [0, 0.1) is 12.7 Å². The van der Waals surface area contributed by atoms with E-state index in [2.05, 4.69) is 10.6 Å². The molecule has 0 saturated heterocycles. The van der Waals surface area contributed by atoms with Gasteiger partial charge in [-0.1, -0.05) is 36.4 Å². The second kappa shape index (κ2) is 7.54. The van der Waals surface area contributed by atoms with Crippen molar-refractivity contribution in [1.82, 2.24) is 5.32 Å². The fraction of sp³-hybridized carbons (Fsp3) is 0.222. The van der Waals surface area contributed by atoms with Crippen molar-refractivity contribution in [2.45, 2.75) is 26.3 Å². The number of aryl methyl sites for hydroxylation is 1. The zero-order valence-corrected chi connectivity index (χ0v) is 13.1. The Morgan fingerprint density at radius 1 is 1.13 bits per heavy atom. The van der Waals surface area contributed by atoms with Gasteiger partial charge in [0.1, 0.15) is 5.82 Å². The van der Waals surface area contributed by atoms with Gasteiger partial charge in [-0.3, -0.25) is 9.59 Å². The van der Waals surface area contributed by atoms with Gasteiger partial charge in [-0.05, 0) is 30.2 Å². The van der Waals surface area contributed by atoms with Gasteiger partial charge in [0.2, 0.25) is 11.8 Å². The Kier molecular flexibility index (Phi) is 5.46. The number of nitrogens with one attached hydrogen (secondary N) is 2. The van der Waals surface area contributed by atoms with Crippen LogP contribution in [0.4, 0.5) is 10.1 Å². The summed E-state index contributed by atoms with van der Waals surface area (Å²) in [5.74, 6) is -0.915. The average molecular weight is 314 g/mol. The molecule has 0 fully saturated rings. The summed E-state index contributed by atoms with van der Waals surface area (Å²) in [5.41, 5.74) is 2.05. The minimum Gasteiger partial charge on any atom is -0.349 e. The van der Waals surface area contributed by atoms with E-state index in [1.54, 1.807) is 13.0 Å². The lowest BCUT2D eigenvalue weighted by Crippen LogP contribution is -2.29. The van der Waals surface area contributed by atoms with Crippen LogP contribution in [-0.2, 0) is 9.59 Å². The van der Waals surface area contributed by atoms with Crippen molar-refractivity contribution in [3.05, 3.63) is 65.5 Å². The van der Waals surface area contributed by atoms with E-state index in [0.29, 0.717) is 5.69 Å². The van der Waals surface area contributed by atoms with Crippen LogP contribution in [0.3, 0.4) is 0 Å². The number of carbonyl (C=O) groups is 2. The molecule has 0 aliphatic carbocycles. The number of carbonyl (C=O) groups excluding carboxylic acids is 2. The van der Waals surface area contributed by atoms with E-state index in [1.807, 2.05) is 30.3 Å². The fourth-order valence-corrected chi connectivity index (χ4v) is 2.30. The summed E-state index contributed by atoms with van der Waals surface area (Å²) in [5, 5.41) is 5.46. The van der Waals surface area contributed by atoms with Crippen molar-refractivity contribution in [3.63, 3.8) is 0 Å². The summed E-state index contributed by atoms with van der Waals surface area (Å²) in [6, 6.07) is 13.1. The molecule has 23 heavy (non-hydrogen) atoms. The molecule has 2 N–H and O–H groups in total. The molecular weight excluding hydrogens is 295 g/mol. The smallest absolute Gasteiger partial charge is 0.226 e. The number of rotatable bonds is 5. The lowest BCUT2D eigenvalue weighted by atomic mass is 10.0. The van der Waals surface area contributed by atoms with Gasteiger partial charge in [0.15, 0.2) is 0 Å². The molecule has 2 aromatic carbocycles. The minimum absolute atomic E-state index is 0.0690. The van der Waals surface area contributed by atoms with Gasteiger partial charge >= 0.3 is 0 Å². The van der Waals surface area contributed by atoms with Crippen molar-refractivity contribution in [2.24, 2.45) is 0 Å². The molecule has 2 aromatic rings. The standard InChI is InChI=1S/C18H19FN2O2/c1-12-8-9-15(19)10-16(12)21-18(23)11-17(20-13(2)22)14-6-4-3-5-7-14/h3-10,17H,11H2,1-2H3,(H,20,22)(H,21,23)/t17-/m1/s1. The monoisotopic (exact) mass is 314 g/mol. The highest BCUT2D eigenvalue weighted by molar-refractivity contribution is 5.92. The topological polar surface area (TPSA) is 58.2 Å². The summed E-state index contributed by atoms with van der Waals surface area (Å²) in [4.78, 5) is 23.6. The van der Waals surface area contributed by atoms with Crippen molar-refractivity contribution in [3.8, 4) is 0 Å². The van der Waals surface area contributed by atoms with Crippen molar-refractivity contribution < 1.29 is 14.0 Å². The first-order chi connectivity index (χ1) is 11.0. The SMILES string of the molecule is CC(=O)N[C@H](CC(=O)Nc1cc(F)ccc1C)c1ccccc1. The normalized spacial score (nSPS) is 11.6. The molecule has 0 radical (unpaired) electrons. The third-order valence-corrected chi connectivity index (χ3v) is 3.44. The Labute approximate surface area is 134 Å². The first-order valence-electron chi connectivity index (χ1n) is 7.34. The molecule has 4 nitrogen and oxygen atoms in total. The number of amides is 2. The largest absolute Gasteiger partial charge is 0.349 e. The zero-order valence-electron chi connectivity index (χ0n) is 13.1. The van der Waals surface area contributed by atoms with E-state index in [4.69, 9.17) is 0 Å². The fourth-order valence-electron chi connectivity index (χ4n) is 2.30. The van der Waals surface area contributed by atoms with Crippen LogP contribution in [0.1, 0.15) is 30.5 Å². The number of benzene rings is 2. The zero-order chi connectivity index (χ0) is 16.8. The van der Waals surface area contributed by atoms with Crippen LogP contribution < -0.4 is 10.6 Å². The van der Waals surface area contributed by atoms with E-state index in [1.165, 1.54) is 19.1 Å². The number of anilines is 1. The van der Waals surface area contributed by atoms with E-state index in [0.717, 1.165) is 11.1 Å². The molecule has 0 aliphatic heterocycles. The van der Waals surface area contributed by atoms with Gasteiger partial charge in [0, 0.05) is 12.6 Å². The second-order valence-electron chi connectivity index (χ2n) is 5.38. The van der Waals surface area contributed by atoms with Crippen molar-refractivity contribution in [2.75, 3.05) is 5.32 Å². The van der Waals surface area contributed by atoms with Gasteiger partial charge in [0.05, 0.1) is 12.5 Å². The van der Waals surface area contributed by atoms with Crippen molar-refractivity contribution >= 4 is 17.5 Å². The van der Waals surface area contributed by atoms with Gasteiger partial charge < -0.3 is 10.6 Å². The first kappa shape index (κ1) is 16.7. The average Bonchev–Trinajstić information content (AvgIpc) is 2.51. The van der Waals surface area contributed by atoms with Gasteiger partial charge in [0.25, 0.3) is 0 Å². The van der Waals surface area contributed by atoms with Crippen LogP contribution in [0.15, 0.2) is 48.5 Å². The molecule has 120 valence electrons. The summed E-state index contributed by atoms with van der Waals surface area (Å²) in [6.07, 6.45) is 0.0690. The maximum Gasteiger partial charge on any atom is 0.226 e. The molecule has 2 amide bonds. The predicted octanol–water partition coefficient (Wildman–Crippen LogP) is 3.34. The molecule has 0 heterocycles. The molecule has 0 aromatic heterocycles. The Morgan fingerprint density at radius 2 is 1.83 bits per heavy atom. The summed E-state index contributed by atoms with van der Waals surface area (Å²) < 4.78 is 13.3. The lowest BCUT2D eigenvalue weighted by molar-refractivity contribution is -0.120. The third-order valence-electron chi connectivity index (χ3n) is 3.44. The Morgan fingerprint density at radius 3 is 2.48 bits per heavy atom. The van der Waals surface area contributed by atoms with Crippen LogP contribution in [0.5, 0.6) is 0 Å². The van der Waals surface area contributed by atoms with E-state index in [9.17, 15) is 14.0 Å². The minimum atomic E-state index is -0.428. The van der Waals surface area contributed by atoms with Crippen LogP contribution in [0.2, 0.25) is 0 Å². The maximum atomic E-state index is 13.3. The van der Waals surface area contributed by atoms with Gasteiger partial charge in [-0.25, -0.2) is 4.39 Å². The summed E-state index contributed by atoms with van der Waals surface area (Å²) >= 11 is 0. The third kappa shape index (κ3) is 4.92. The summed E-state index contributed by atoms with van der Waals surface area (Å²) in [7, 11) is 0.